The molecule has 0 heterocycles. The molecule has 20 heteroatoms. The van der Waals surface area contributed by atoms with E-state index >= 15 is 0 Å². The summed E-state index contributed by atoms with van der Waals surface area (Å²) in [5, 5.41) is 0. The van der Waals surface area contributed by atoms with E-state index in [-0.39, 0.29) is 99.5 Å². The van der Waals surface area contributed by atoms with E-state index in [2.05, 4.69) is 132 Å². The van der Waals surface area contributed by atoms with Crippen LogP contribution in [0.5, 0.6) is 23.0 Å². The Labute approximate surface area is 478 Å². The van der Waals surface area contributed by atoms with E-state index in [4.69, 9.17) is 18.9 Å². The SMILES string of the molecule is CC(C)(C)c1cc2c(OCCCCS(=O)(=O)O)c(c1)Cc1cc(C(C)(C)C)cc(c1OCCCCS(=O)(=O)O)Cc1cc(C(C)(C)C)cc(c1OCCCCS(=O)(=O)O)Cc1cc(C(C)(C)C)cc(c1OCCCCS(=O)(=O)O)C2. The fourth-order valence-electron chi connectivity index (χ4n) is 9.61. The number of hydrogen-bond acceptors (Lipinski definition) is 12. The fraction of sp³-hybridized carbons (Fsp3) is 0.600. The molecule has 0 radical (unpaired) electrons. The zero-order chi connectivity index (χ0) is 59.9. The molecule has 0 saturated heterocycles. The van der Waals surface area contributed by atoms with Crippen LogP contribution in [-0.2, 0) is 87.8 Å². The van der Waals surface area contributed by atoms with Crippen LogP contribution in [0.3, 0.4) is 0 Å². The second kappa shape index (κ2) is 26.5. The highest BCUT2D eigenvalue weighted by atomic mass is 32.2. The molecule has 80 heavy (non-hydrogen) atoms. The van der Waals surface area contributed by atoms with Gasteiger partial charge in [-0.25, -0.2) is 0 Å². The largest absolute Gasteiger partial charge is 0.493 e. The summed E-state index contributed by atoms with van der Waals surface area (Å²) >= 11 is 0. The van der Waals surface area contributed by atoms with E-state index in [0.29, 0.717) is 48.7 Å². The number of benzene rings is 4. The van der Waals surface area contributed by atoms with Gasteiger partial charge in [0.05, 0.1) is 49.4 Å². The first-order chi connectivity index (χ1) is 36.7. The first kappa shape index (κ1) is 66.5. The van der Waals surface area contributed by atoms with Crippen molar-refractivity contribution < 1.29 is 70.8 Å². The van der Waals surface area contributed by atoms with Crippen molar-refractivity contribution in [2.75, 3.05) is 49.4 Å². The molecule has 0 saturated carbocycles. The Hall–Kier alpha value is -4.28. The Morgan fingerprint density at radius 2 is 0.450 bits per heavy atom. The molecule has 0 fully saturated rings. The Balaban J connectivity index is 1.96. The second-order valence-electron chi connectivity index (χ2n) is 25.6. The highest BCUT2D eigenvalue weighted by molar-refractivity contribution is 7.86. The molecule has 5 rings (SSSR count). The molecule has 0 spiro atoms. The zero-order valence-corrected chi connectivity index (χ0v) is 52.3. The second-order valence-corrected chi connectivity index (χ2v) is 31.9. The molecule has 1 aliphatic carbocycles. The van der Waals surface area contributed by atoms with Crippen LogP contribution in [0.4, 0.5) is 0 Å². The summed E-state index contributed by atoms with van der Waals surface area (Å²) in [6.45, 7) is 26.0. The summed E-state index contributed by atoms with van der Waals surface area (Å²) in [6, 6.07) is 17.1. The number of ether oxygens (including phenoxy) is 4. The molecule has 0 unspecified atom stereocenters. The lowest BCUT2D eigenvalue weighted by molar-refractivity contribution is 0.297. The minimum atomic E-state index is -4.23. The van der Waals surface area contributed by atoms with E-state index in [9.17, 15) is 51.9 Å². The molecule has 0 atom stereocenters. The monoisotopic (exact) mass is 1190 g/mol. The molecule has 1 aliphatic rings. The molecule has 0 aromatic heterocycles. The summed E-state index contributed by atoms with van der Waals surface area (Å²) in [5.41, 5.74) is 8.99. The Morgan fingerprint density at radius 3 is 0.575 bits per heavy atom. The van der Waals surface area contributed by atoms with E-state index in [1.807, 2.05) is 0 Å². The maximum absolute atomic E-state index is 11.8. The van der Waals surface area contributed by atoms with Gasteiger partial charge in [0.2, 0.25) is 0 Å². The standard InChI is InChI=1S/C60H88O16S4/c1-57(2,3)49-33-41-29-43-35-50(58(4,5)6)37-45(54(43)74-22-14-18-26-78(64,65)66)31-47-39-52(60(10,11)12)40-48(56(47)76-24-16-20-28-80(70,71)72)32-46-38-51(59(7,8)9)36-44(55(46)75-23-15-19-27-79(67,68)69)30-42(34-49)53(41)73-21-13-17-25-77(61,62)63/h33-40H,13-32H2,1-12H3,(H,61,62,63)(H,64,65,66)(H,67,68,69)(H,70,71,72). The average Bonchev–Trinajstić information content (AvgIpc) is 3.27. The third-order valence-electron chi connectivity index (χ3n) is 14.1. The van der Waals surface area contributed by atoms with Crippen LogP contribution >= 0.6 is 0 Å². The van der Waals surface area contributed by atoms with Crippen molar-refractivity contribution in [3.05, 3.63) is 115 Å². The van der Waals surface area contributed by atoms with Crippen LogP contribution in [-0.4, -0.2) is 101 Å². The molecular formula is C60H88O16S4. The first-order valence-corrected chi connectivity index (χ1v) is 34.1. The third-order valence-corrected chi connectivity index (χ3v) is 17.3. The molecule has 4 aromatic rings. The molecule has 0 amide bonds. The lowest BCUT2D eigenvalue weighted by Crippen LogP contribution is -2.18. The maximum Gasteiger partial charge on any atom is 0.264 e. The van der Waals surface area contributed by atoms with Crippen LogP contribution in [0.15, 0.2) is 48.5 Å². The summed E-state index contributed by atoms with van der Waals surface area (Å²) in [5.74, 6) is 0.574. The average molecular weight is 1190 g/mol. The summed E-state index contributed by atoms with van der Waals surface area (Å²) < 4.78 is 161. The van der Waals surface area contributed by atoms with Gasteiger partial charge in [-0.05, 0) is 140 Å². The Kier molecular flexibility index (Phi) is 22.1. The predicted molar refractivity (Wildman–Crippen MR) is 316 cm³/mol. The van der Waals surface area contributed by atoms with Crippen molar-refractivity contribution in [3.63, 3.8) is 0 Å². The quantitative estimate of drug-likeness (QED) is 0.0331. The molecule has 4 aromatic carbocycles. The smallest absolute Gasteiger partial charge is 0.264 e. The van der Waals surface area contributed by atoms with Crippen LogP contribution < -0.4 is 18.9 Å². The summed E-state index contributed by atoms with van der Waals surface area (Å²) in [6.07, 6.45) is 2.95. The first-order valence-electron chi connectivity index (χ1n) is 27.6. The minimum absolute atomic E-state index is 0.114. The molecule has 0 aliphatic heterocycles. The number of fused-ring (bicyclic) bond motifs is 8. The lowest BCUT2D eigenvalue weighted by Gasteiger charge is -2.29. The van der Waals surface area contributed by atoms with Crippen LogP contribution in [0.2, 0.25) is 0 Å². The van der Waals surface area contributed by atoms with Crippen molar-refractivity contribution >= 4 is 40.5 Å². The van der Waals surface area contributed by atoms with Crippen molar-refractivity contribution in [3.8, 4) is 23.0 Å². The van der Waals surface area contributed by atoms with Gasteiger partial charge < -0.3 is 18.9 Å². The van der Waals surface area contributed by atoms with E-state index < -0.39 is 63.5 Å². The molecular weight excluding hydrogens is 1100 g/mol. The van der Waals surface area contributed by atoms with Gasteiger partial charge in [0.25, 0.3) is 40.5 Å². The molecule has 8 bridgehead atoms. The Morgan fingerprint density at radius 1 is 0.300 bits per heavy atom. The molecule has 4 N–H and O–H groups in total. The van der Waals surface area contributed by atoms with Gasteiger partial charge in [0.1, 0.15) is 23.0 Å². The summed E-state index contributed by atoms with van der Waals surface area (Å²) in [7, 11) is -16.9. The van der Waals surface area contributed by atoms with Crippen LogP contribution in [0, 0.1) is 0 Å². The Bertz CT molecular complexity index is 2730. The van der Waals surface area contributed by atoms with Gasteiger partial charge in [0.15, 0.2) is 0 Å². The highest BCUT2D eigenvalue weighted by Crippen LogP contribution is 2.45. The normalized spacial score (nSPS) is 14.0. The maximum atomic E-state index is 11.8. The van der Waals surface area contributed by atoms with Crippen molar-refractivity contribution in [1.82, 2.24) is 0 Å². The van der Waals surface area contributed by atoms with Crippen LogP contribution in [0.25, 0.3) is 0 Å². The van der Waals surface area contributed by atoms with Gasteiger partial charge in [-0.1, -0.05) is 132 Å². The highest BCUT2D eigenvalue weighted by Gasteiger charge is 2.30. The summed E-state index contributed by atoms with van der Waals surface area (Å²) in [4.78, 5) is 0. The number of hydrogen-bond donors (Lipinski definition) is 4. The van der Waals surface area contributed by atoms with Gasteiger partial charge in [-0.2, -0.15) is 33.7 Å². The van der Waals surface area contributed by atoms with Gasteiger partial charge in [0, 0.05) is 25.7 Å². The van der Waals surface area contributed by atoms with Crippen molar-refractivity contribution in [2.45, 2.75) is 182 Å². The van der Waals surface area contributed by atoms with Gasteiger partial charge in [-0.3, -0.25) is 18.2 Å². The predicted octanol–water partition coefficient (Wildman–Crippen LogP) is 11.7. The zero-order valence-electron chi connectivity index (χ0n) is 49.1. The van der Waals surface area contributed by atoms with Crippen molar-refractivity contribution in [1.29, 1.82) is 0 Å². The third kappa shape index (κ3) is 21.2. The fourth-order valence-corrected chi connectivity index (χ4v) is 11.9. The molecule has 448 valence electrons. The lowest BCUT2D eigenvalue weighted by atomic mass is 9.79. The van der Waals surface area contributed by atoms with Crippen LogP contribution in [0.1, 0.15) is 201 Å². The van der Waals surface area contributed by atoms with E-state index in [1.165, 1.54) is 0 Å². The topological polar surface area (TPSA) is 254 Å². The van der Waals surface area contributed by atoms with Crippen molar-refractivity contribution in [2.24, 2.45) is 0 Å². The minimum Gasteiger partial charge on any atom is -0.493 e. The van der Waals surface area contributed by atoms with Gasteiger partial charge in [-0.15, -0.1) is 0 Å². The number of unbranched alkanes of at least 4 members (excludes halogenated alkanes) is 4. The number of rotatable bonds is 24. The van der Waals surface area contributed by atoms with E-state index in [0.717, 1.165) is 66.8 Å². The van der Waals surface area contributed by atoms with E-state index in [1.54, 1.807) is 0 Å². The molecule has 16 nitrogen and oxygen atoms in total. The van der Waals surface area contributed by atoms with Gasteiger partial charge >= 0.3 is 0 Å².